The van der Waals surface area contributed by atoms with Crippen LogP contribution in [0.4, 0.5) is 5.82 Å². The highest BCUT2D eigenvalue weighted by Gasteiger charge is 2.37. The molecule has 94 valence electrons. The zero-order chi connectivity index (χ0) is 13.1. The zero-order valence-corrected chi connectivity index (χ0v) is 9.78. The Balaban J connectivity index is 2.28. The van der Waals surface area contributed by atoms with Gasteiger partial charge in [0.05, 0.1) is 31.0 Å². The molecule has 0 spiro atoms. The number of ether oxygens (including phenoxy) is 1. The summed E-state index contributed by atoms with van der Waals surface area (Å²) in [4.78, 5) is 12.7. The minimum Gasteiger partial charge on any atom is -0.481 e. The van der Waals surface area contributed by atoms with Crippen LogP contribution in [0, 0.1) is 17.2 Å². The van der Waals surface area contributed by atoms with E-state index in [4.69, 9.17) is 15.1 Å². The lowest BCUT2D eigenvalue weighted by atomic mass is 10.0. The van der Waals surface area contributed by atoms with Gasteiger partial charge in [0.1, 0.15) is 12.0 Å². The Morgan fingerprint density at radius 2 is 2.44 bits per heavy atom. The maximum atomic E-state index is 11.1. The van der Waals surface area contributed by atoms with E-state index in [1.807, 2.05) is 6.07 Å². The lowest BCUT2D eigenvalue weighted by Gasteiger charge is -2.27. The SMILES string of the molecule is CN(c1nnccc1C#N)C1COCC1C(=O)O. The predicted octanol–water partition coefficient (Wildman–Crippen LogP) is -0.116. The van der Waals surface area contributed by atoms with Crippen LogP contribution in [0.2, 0.25) is 0 Å². The molecule has 0 saturated carbocycles. The Bertz CT molecular complexity index is 499. The Kier molecular flexibility index (Phi) is 3.39. The summed E-state index contributed by atoms with van der Waals surface area (Å²) in [6.45, 7) is 0.474. The summed E-state index contributed by atoms with van der Waals surface area (Å²) in [5.74, 6) is -1.16. The predicted molar refractivity (Wildman–Crippen MR) is 60.9 cm³/mol. The van der Waals surface area contributed by atoms with Gasteiger partial charge in [-0.25, -0.2) is 0 Å². The van der Waals surface area contributed by atoms with Gasteiger partial charge in [0, 0.05) is 7.05 Å². The summed E-state index contributed by atoms with van der Waals surface area (Å²) in [5, 5.41) is 25.7. The molecule has 1 aromatic heterocycles. The molecule has 7 nitrogen and oxygen atoms in total. The second kappa shape index (κ2) is 4.98. The number of aliphatic carboxylic acids is 1. The molecular weight excluding hydrogens is 236 g/mol. The molecule has 2 unspecified atom stereocenters. The number of anilines is 1. The van der Waals surface area contributed by atoms with Gasteiger partial charge in [-0.2, -0.15) is 10.4 Å². The molecule has 1 aliphatic heterocycles. The van der Waals surface area contributed by atoms with Gasteiger partial charge in [0.15, 0.2) is 5.82 Å². The summed E-state index contributed by atoms with van der Waals surface area (Å²) in [7, 11) is 1.69. The van der Waals surface area contributed by atoms with Crippen LogP contribution in [0.5, 0.6) is 0 Å². The van der Waals surface area contributed by atoms with Gasteiger partial charge in [-0.15, -0.1) is 5.10 Å². The molecule has 18 heavy (non-hydrogen) atoms. The van der Waals surface area contributed by atoms with Crippen molar-refractivity contribution in [3.8, 4) is 6.07 Å². The zero-order valence-electron chi connectivity index (χ0n) is 9.78. The molecule has 2 rings (SSSR count). The van der Waals surface area contributed by atoms with Crippen molar-refractivity contribution >= 4 is 11.8 Å². The van der Waals surface area contributed by atoms with Crippen LogP contribution in [0.15, 0.2) is 12.3 Å². The van der Waals surface area contributed by atoms with Crippen molar-refractivity contribution in [3.05, 3.63) is 17.8 Å². The molecule has 1 aliphatic rings. The van der Waals surface area contributed by atoms with E-state index in [0.29, 0.717) is 18.0 Å². The lowest BCUT2D eigenvalue weighted by Crippen LogP contribution is -2.41. The van der Waals surface area contributed by atoms with E-state index in [2.05, 4.69) is 10.2 Å². The molecule has 2 atom stereocenters. The summed E-state index contributed by atoms with van der Waals surface area (Å²) >= 11 is 0. The minimum atomic E-state index is -0.910. The van der Waals surface area contributed by atoms with Crippen LogP contribution >= 0.6 is 0 Å². The van der Waals surface area contributed by atoms with Crippen molar-refractivity contribution in [1.82, 2.24) is 10.2 Å². The fourth-order valence-electron chi connectivity index (χ4n) is 1.99. The van der Waals surface area contributed by atoms with Crippen molar-refractivity contribution in [1.29, 1.82) is 5.26 Å². The van der Waals surface area contributed by atoms with Gasteiger partial charge in [-0.1, -0.05) is 0 Å². The van der Waals surface area contributed by atoms with Crippen LogP contribution in [0.1, 0.15) is 5.56 Å². The molecule has 2 heterocycles. The third kappa shape index (κ3) is 2.10. The van der Waals surface area contributed by atoms with E-state index in [0.717, 1.165) is 0 Å². The van der Waals surface area contributed by atoms with E-state index in [-0.39, 0.29) is 12.6 Å². The number of hydrogen-bond donors (Lipinski definition) is 1. The van der Waals surface area contributed by atoms with E-state index in [1.54, 1.807) is 18.0 Å². The molecule has 0 amide bonds. The normalized spacial score (nSPS) is 22.4. The largest absolute Gasteiger partial charge is 0.481 e. The van der Waals surface area contributed by atoms with Crippen LogP contribution in [-0.2, 0) is 9.53 Å². The Hall–Kier alpha value is -2.20. The molecular formula is C11H12N4O3. The number of rotatable bonds is 3. The smallest absolute Gasteiger partial charge is 0.311 e. The van der Waals surface area contributed by atoms with Crippen LogP contribution in [0.3, 0.4) is 0 Å². The molecule has 0 aromatic carbocycles. The quantitative estimate of drug-likeness (QED) is 0.796. The van der Waals surface area contributed by atoms with Crippen LogP contribution < -0.4 is 4.90 Å². The average molecular weight is 248 g/mol. The van der Waals surface area contributed by atoms with Crippen LogP contribution in [-0.4, -0.2) is 47.6 Å². The third-order valence-corrected chi connectivity index (χ3v) is 3.02. The van der Waals surface area contributed by atoms with Crippen molar-refractivity contribution in [2.24, 2.45) is 5.92 Å². The highest BCUT2D eigenvalue weighted by atomic mass is 16.5. The highest BCUT2D eigenvalue weighted by Crippen LogP contribution is 2.24. The van der Waals surface area contributed by atoms with Gasteiger partial charge < -0.3 is 14.7 Å². The van der Waals surface area contributed by atoms with E-state index < -0.39 is 11.9 Å². The number of nitrogens with zero attached hydrogens (tertiary/aromatic N) is 4. The van der Waals surface area contributed by atoms with E-state index in [9.17, 15) is 4.79 Å². The number of aromatic nitrogens is 2. The first-order valence-electron chi connectivity index (χ1n) is 5.40. The fraction of sp³-hybridized carbons (Fsp3) is 0.455. The molecule has 7 heteroatoms. The molecule has 0 aliphatic carbocycles. The summed E-state index contributed by atoms with van der Waals surface area (Å²) in [6, 6.07) is 3.22. The molecule has 1 fully saturated rings. The number of likely N-dealkylation sites (N-methyl/N-ethyl adjacent to an activating group) is 1. The first-order chi connectivity index (χ1) is 8.65. The Morgan fingerprint density at radius 3 is 3.11 bits per heavy atom. The summed E-state index contributed by atoms with van der Waals surface area (Å²) in [6.07, 6.45) is 1.43. The highest BCUT2D eigenvalue weighted by molar-refractivity contribution is 5.72. The van der Waals surface area contributed by atoms with Crippen molar-refractivity contribution in [2.75, 3.05) is 25.2 Å². The van der Waals surface area contributed by atoms with Gasteiger partial charge in [-0.3, -0.25) is 4.79 Å². The first-order valence-corrected chi connectivity index (χ1v) is 5.40. The lowest BCUT2D eigenvalue weighted by molar-refractivity contribution is -0.141. The van der Waals surface area contributed by atoms with Crippen LogP contribution in [0.25, 0.3) is 0 Å². The van der Waals surface area contributed by atoms with Crippen molar-refractivity contribution in [3.63, 3.8) is 0 Å². The topological polar surface area (TPSA) is 99.3 Å². The molecule has 0 bridgehead atoms. The molecule has 1 saturated heterocycles. The average Bonchev–Trinajstić information content (AvgIpc) is 2.87. The fourth-order valence-corrected chi connectivity index (χ4v) is 1.99. The number of hydrogen-bond acceptors (Lipinski definition) is 6. The number of nitriles is 1. The van der Waals surface area contributed by atoms with Crippen molar-refractivity contribution < 1.29 is 14.6 Å². The minimum absolute atomic E-state index is 0.173. The van der Waals surface area contributed by atoms with E-state index >= 15 is 0 Å². The van der Waals surface area contributed by atoms with Gasteiger partial charge in [-0.05, 0) is 6.07 Å². The first kappa shape index (κ1) is 12.3. The summed E-state index contributed by atoms with van der Waals surface area (Å²) < 4.78 is 5.19. The van der Waals surface area contributed by atoms with Gasteiger partial charge >= 0.3 is 5.97 Å². The monoisotopic (exact) mass is 248 g/mol. The standard InChI is InChI=1S/C11H12N4O3/c1-15(9-6-18-5-8(9)11(16)17)10-7(4-12)2-3-13-14-10/h2-3,8-9H,5-6H2,1H3,(H,16,17). The Morgan fingerprint density at radius 1 is 1.67 bits per heavy atom. The molecule has 0 radical (unpaired) electrons. The van der Waals surface area contributed by atoms with E-state index in [1.165, 1.54) is 6.20 Å². The van der Waals surface area contributed by atoms with Crippen molar-refractivity contribution in [2.45, 2.75) is 6.04 Å². The second-order valence-corrected chi connectivity index (χ2v) is 4.04. The van der Waals surface area contributed by atoms with Gasteiger partial charge in [0.25, 0.3) is 0 Å². The third-order valence-electron chi connectivity index (χ3n) is 3.02. The Labute approximate surface area is 104 Å². The van der Waals surface area contributed by atoms with Gasteiger partial charge in [0.2, 0.25) is 0 Å². The maximum absolute atomic E-state index is 11.1. The maximum Gasteiger partial charge on any atom is 0.311 e. The number of carbonyl (C=O) groups is 1. The molecule has 1 aromatic rings. The number of carboxylic acid groups (broad SMARTS) is 1. The number of carboxylic acids is 1. The summed E-state index contributed by atoms with van der Waals surface area (Å²) in [5.41, 5.74) is 0.364. The molecule has 1 N–H and O–H groups in total. The second-order valence-electron chi connectivity index (χ2n) is 4.04.